The minimum atomic E-state index is 0.782. The molecule has 0 radical (unpaired) electrons. The number of aryl methyl sites for hydroxylation is 1. The van der Waals surface area contributed by atoms with Crippen LogP contribution < -0.4 is 0 Å². The van der Waals surface area contributed by atoms with E-state index in [1.807, 2.05) is 48.9 Å². The quantitative estimate of drug-likeness (QED) is 0.482. The zero-order chi connectivity index (χ0) is 14.2. The Hall–Kier alpha value is -2.46. The van der Waals surface area contributed by atoms with Crippen molar-refractivity contribution in [3.8, 4) is 0 Å². The fourth-order valence-corrected chi connectivity index (χ4v) is 2.99. The molecular weight excluding hydrogens is 280 g/mol. The highest BCUT2D eigenvalue weighted by atomic mass is 32.1. The average molecular weight is 292 g/mol. The Kier molecular flexibility index (Phi) is 2.82. The van der Waals surface area contributed by atoms with E-state index in [-0.39, 0.29) is 0 Å². The lowest BCUT2D eigenvalue weighted by Crippen LogP contribution is -1.79. The summed E-state index contributed by atoms with van der Waals surface area (Å²) in [5, 5.41) is 5.03. The number of rotatable bonds is 2. The van der Waals surface area contributed by atoms with Crippen molar-refractivity contribution in [2.24, 2.45) is 4.99 Å². The molecular formula is C17H12N2OS. The van der Waals surface area contributed by atoms with Gasteiger partial charge in [0.2, 0.25) is 5.13 Å². The summed E-state index contributed by atoms with van der Waals surface area (Å²) in [6.07, 6.45) is 1.85. The number of hydrogen-bond acceptors (Lipinski definition) is 4. The monoisotopic (exact) mass is 292 g/mol. The molecule has 4 heteroatoms. The van der Waals surface area contributed by atoms with Gasteiger partial charge in [0.15, 0.2) is 0 Å². The molecule has 4 rings (SSSR count). The van der Waals surface area contributed by atoms with Crippen molar-refractivity contribution in [3.63, 3.8) is 0 Å². The number of thiazole rings is 1. The van der Waals surface area contributed by atoms with Crippen molar-refractivity contribution in [2.75, 3.05) is 0 Å². The van der Waals surface area contributed by atoms with Gasteiger partial charge in [-0.2, -0.15) is 0 Å². The molecule has 0 aliphatic rings. The number of benzene rings is 2. The molecule has 0 spiro atoms. The Labute approximate surface area is 125 Å². The Morgan fingerprint density at radius 3 is 2.81 bits per heavy atom. The summed E-state index contributed by atoms with van der Waals surface area (Å²) in [7, 11) is 0. The fraction of sp³-hybridized carbons (Fsp3) is 0.0588. The van der Waals surface area contributed by atoms with Gasteiger partial charge in [-0.05, 0) is 36.8 Å². The SMILES string of the molecule is Cc1csc(/N=C\c2ccc3oc4ccccc4c3c2)n1. The van der Waals surface area contributed by atoms with E-state index in [9.17, 15) is 0 Å². The minimum absolute atomic E-state index is 0.782. The normalized spacial score (nSPS) is 11.9. The third-order valence-electron chi connectivity index (χ3n) is 3.33. The van der Waals surface area contributed by atoms with E-state index in [4.69, 9.17) is 4.42 Å². The van der Waals surface area contributed by atoms with Gasteiger partial charge in [0.25, 0.3) is 0 Å². The smallest absolute Gasteiger partial charge is 0.209 e. The van der Waals surface area contributed by atoms with Crippen LogP contribution in [0.3, 0.4) is 0 Å². The lowest BCUT2D eigenvalue weighted by atomic mass is 10.1. The standard InChI is InChI=1S/C17H12N2OS/c1-11-10-21-17(19-11)18-9-12-6-7-16-14(8-12)13-4-2-3-5-15(13)20-16/h2-10H,1H3/b18-9-. The van der Waals surface area contributed by atoms with E-state index < -0.39 is 0 Å². The summed E-state index contributed by atoms with van der Waals surface area (Å²) in [6, 6.07) is 14.2. The Morgan fingerprint density at radius 1 is 1.10 bits per heavy atom. The van der Waals surface area contributed by atoms with E-state index in [0.717, 1.165) is 38.3 Å². The van der Waals surface area contributed by atoms with E-state index in [1.54, 1.807) is 11.3 Å². The van der Waals surface area contributed by atoms with E-state index in [2.05, 4.69) is 22.1 Å². The molecule has 0 aliphatic carbocycles. The van der Waals surface area contributed by atoms with Crippen molar-refractivity contribution in [3.05, 3.63) is 59.1 Å². The summed E-state index contributed by atoms with van der Waals surface area (Å²) >= 11 is 1.55. The number of furan rings is 1. The van der Waals surface area contributed by atoms with Crippen LogP contribution in [0, 0.1) is 6.92 Å². The van der Waals surface area contributed by atoms with Crippen molar-refractivity contribution >= 4 is 44.6 Å². The molecule has 0 atom stereocenters. The summed E-state index contributed by atoms with van der Waals surface area (Å²) in [5.41, 5.74) is 3.86. The maximum Gasteiger partial charge on any atom is 0.209 e. The summed E-state index contributed by atoms with van der Waals surface area (Å²) < 4.78 is 5.82. The molecule has 0 fully saturated rings. The molecule has 102 valence electrons. The van der Waals surface area contributed by atoms with Gasteiger partial charge < -0.3 is 4.42 Å². The number of hydrogen-bond donors (Lipinski definition) is 0. The van der Waals surface area contributed by atoms with Crippen LogP contribution in [0.5, 0.6) is 0 Å². The van der Waals surface area contributed by atoms with Gasteiger partial charge >= 0.3 is 0 Å². The highest BCUT2D eigenvalue weighted by Crippen LogP contribution is 2.29. The molecule has 0 unspecified atom stereocenters. The summed E-state index contributed by atoms with van der Waals surface area (Å²) in [6.45, 7) is 1.97. The van der Waals surface area contributed by atoms with Crippen LogP contribution in [0.25, 0.3) is 21.9 Å². The van der Waals surface area contributed by atoms with Crippen LogP contribution in [0.1, 0.15) is 11.3 Å². The van der Waals surface area contributed by atoms with Crippen molar-refractivity contribution in [1.29, 1.82) is 0 Å². The average Bonchev–Trinajstić information content (AvgIpc) is 3.08. The largest absolute Gasteiger partial charge is 0.456 e. The van der Waals surface area contributed by atoms with Gasteiger partial charge in [-0.3, -0.25) is 0 Å². The first-order valence-electron chi connectivity index (χ1n) is 6.67. The van der Waals surface area contributed by atoms with Gasteiger partial charge in [-0.25, -0.2) is 9.98 Å². The molecule has 4 aromatic rings. The lowest BCUT2D eigenvalue weighted by Gasteiger charge is -1.93. The van der Waals surface area contributed by atoms with Gasteiger partial charge in [0.1, 0.15) is 11.2 Å². The predicted molar refractivity (Wildman–Crippen MR) is 87.8 cm³/mol. The Balaban J connectivity index is 1.79. The van der Waals surface area contributed by atoms with Crippen molar-refractivity contribution in [1.82, 2.24) is 4.98 Å². The van der Waals surface area contributed by atoms with Crippen LogP contribution >= 0.6 is 11.3 Å². The molecule has 0 amide bonds. The zero-order valence-corrected chi connectivity index (χ0v) is 12.2. The van der Waals surface area contributed by atoms with Crippen LogP contribution in [0.4, 0.5) is 5.13 Å². The van der Waals surface area contributed by atoms with Gasteiger partial charge in [-0.15, -0.1) is 11.3 Å². The number of fused-ring (bicyclic) bond motifs is 3. The van der Waals surface area contributed by atoms with Gasteiger partial charge in [0, 0.05) is 22.4 Å². The van der Waals surface area contributed by atoms with E-state index in [0.29, 0.717) is 0 Å². The molecule has 3 nitrogen and oxygen atoms in total. The van der Waals surface area contributed by atoms with E-state index >= 15 is 0 Å². The fourth-order valence-electron chi connectivity index (χ4n) is 2.35. The first-order chi connectivity index (χ1) is 10.3. The van der Waals surface area contributed by atoms with Crippen LogP contribution in [-0.4, -0.2) is 11.2 Å². The molecule has 2 aromatic carbocycles. The number of aromatic nitrogens is 1. The molecule has 0 aliphatic heterocycles. The lowest BCUT2D eigenvalue weighted by molar-refractivity contribution is 0.669. The Bertz CT molecular complexity index is 965. The highest BCUT2D eigenvalue weighted by Gasteiger charge is 2.06. The molecule has 0 saturated carbocycles. The molecule has 2 heterocycles. The Morgan fingerprint density at radius 2 is 1.95 bits per heavy atom. The second-order valence-electron chi connectivity index (χ2n) is 4.88. The van der Waals surface area contributed by atoms with Crippen molar-refractivity contribution in [2.45, 2.75) is 6.92 Å². The second kappa shape index (κ2) is 4.82. The maximum atomic E-state index is 5.82. The minimum Gasteiger partial charge on any atom is -0.456 e. The summed E-state index contributed by atoms with van der Waals surface area (Å²) in [4.78, 5) is 8.75. The number of aliphatic imine (C=N–C) groups is 1. The molecule has 0 N–H and O–H groups in total. The predicted octanol–water partition coefficient (Wildman–Crippen LogP) is 5.10. The second-order valence-corrected chi connectivity index (χ2v) is 5.72. The molecule has 0 bridgehead atoms. The third kappa shape index (κ3) is 2.23. The van der Waals surface area contributed by atoms with Crippen LogP contribution in [0.2, 0.25) is 0 Å². The highest BCUT2D eigenvalue weighted by molar-refractivity contribution is 7.13. The van der Waals surface area contributed by atoms with Gasteiger partial charge in [-0.1, -0.05) is 18.2 Å². The van der Waals surface area contributed by atoms with Gasteiger partial charge in [0.05, 0.1) is 5.69 Å². The first kappa shape index (κ1) is 12.3. The topological polar surface area (TPSA) is 38.4 Å². The molecule has 21 heavy (non-hydrogen) atoms. The third-order valence-corrected chi connectivity index (χ3v) is 4.20. The molecule has 2 aromatic heterocycles. The van der Waals surface area contributed by atoms with Crippen molar-refractivity contribution < 1.29 is 4.42 Å². The summed E-state index contributed by atoms with van der Waals surface area (Å²) in [5.74, 6) is 0. The van der Waals surface area contributed by atoms with Crippen LogP contribution in [0.15, 0.2) is 57.3 Å². The molecule has 0 saturated heterocycles. The van der Waals surface area contributed by atoms with E-state index in [1.165, 1.54) is 0 Å². The number of nitrogens with zero attached hydrogens (tertiary/aromatic N) is 2. The first-order valence-corrected chi connectivity index (χ1v) is 7.55. The number of para-hydroxylation sites is 1. The maximum absolute atomic E-state index is 5.82. The van der Waals surface area contributed by atoms with Crippen LogP contribution in [-0.2, 0) is 0 Å². The zero-order valence-electron chi connectivity index (χ0n) is 11.4.